The number of halogens is 1. The van der Waals surface area contributed by atoms with Crippen LogP contribution in [0.5, 0.6) is 5.75 Å². The van der Waals surface area contributed by atoms with Crippen LogP contribution in [0, 0.1) is 12.3 Å². The molecule has 3 heterocycles. The van der Waals surface area contributed by atoms with Crippen LogP contribution in [0.25, 0.3) is 22.2 Å². The van der Waals surface area contributed by atoms with Crippen molar-refractivity contribution in [2.45, 2.75) is 47.3 Å². The van der Waals surface area contributed by atoms with Crippen LogP contribution in [-0.2, 0) is 25.0 Å². The lowest BCUT2D eigenvalue weighted by molar-refractivity contribution is -0.132. The van der Waals surface area contributed by atoms with Crippen LogP contribution in [0.3, 0.4) is 0 Å². The first-order valence-corrected chi connectivity index (χ1v) is 12.3. The van der Waals surface area contributed by atoms with Crippen LogP contribution in [0.4, 0.5) is 0 Å². The van der Waals surface area contributed by atoms with E-state index in [1.807, 2.05) is 42.9 Å². The van der Waals surface area contributed by atoms with E-state index in [0.29, 0.717) is 23.7 Å². The molecule has 1 amide bonds. The fraction of sp³-hybridized carbons (Fsp3) is 0.357. The van der Waals surface area contributed by atoms with Crippen LogP contribution in [-0.4, -0.2) is 37.6 Å². The molecule has 0 N–H and O–H groups in total. The van der Waals surface area contributed by atoms with Gasteiger partial charge in [0.2, 0.25) is 5.91 Å². The van der Waals surface area contributed by atoms with E-state index in [-0.39, 0.29) is 17.9 Å². The van der Waals surface area contributed by atoms with Crippen molar-refractivity contribution < 1.29 is 9.53 Å². The summed E-state index contributed by atoms with van der Waals surface area (Å²) in [4.78, 5) is 23.4. The smallest absolute Gasteiger partial charge is 0.223 e. The quantitative estimate of drug-likeness (QED) is 0.309. The first-order valence-electron chi connectivity index (χ1n) is 11.9. The molecule has 0 aliphatic heterocycles. The Morgan fingerprint density at radius 2 is 1.97 bits per heavy atom. The van der Waals surface area contributed by atoms with Crippen molar-refractivity contribution in [3.8, 4) is 17.0 Å². The van der Waals surface area contributed by atoms with Gasteiger partial charge >= 0.3 is 0 Å². The molecule has 0 radical (unpaired) electrons. The number of carbonyl (C=O) groups excluding carboxylic acids is 1. The Morgan fingerprint density at radius 1 is 1.19 bits per heavy atom. The molecular weight excluding hydrogens is 474 g/mol. The van der Waals surface area contributed by atoms with E-state index in [1.165, 1.54) is 0 Å². The van der Waals surface area contributed by atoms with Gasteiger partial charge in [-0.3, -0.25) is 14.5 Å². The molecule has 0 bridgehead atoms. The number of rotatable bonds is 7. The lowest BCUT2D eigenvalue weighted by atomic mass is 9.91. The Bertz CT molecular complexity index is 1410. The molecule has 188 valence electrons. The fourth-order valence-corrected chi connectivity index (χ4v) is 4.43. The number of aromatic nitrogens is 4. The van der Waals surface area contributed by atoms with Gasteiger partial charge in [0.25, 0.3) is 0 Å². The zero-order valence-electron chi connectivity index (χ0n) is 21.7. The second-order valence-corrected chi connectivity index (χ2v) is 10.7. The summed E-state index contributed by atoms with van der Waals surface area (Å²) in [6, 6.07) is 9.96. The number of fused-ring (bicyclic) bond motifs is 1. The van der Waals surface area contributed by atoms with E-state index in [4.69, 9.17) is 21.3 Å². The maximum atomic E-state index is 12.7. The van der Waals surface area contributed by atoms with Crippen molar-refractivity contribution in [3.63, 3.8) is 0 Å². The van der Waals surface area contributed by atoms with Crippen molar-refractivity contribution in [3.05, 3.63) is 70.8 Å². The third-order valence-corrected chi connectivity index (χ3v) is 6.33. The molecule has 0 saturated heterocycles. The largest absolute Gasteiger partial charge is 0.487 e. The monoisotopic (exact) mass is 505 g/mol. The number of hydrogen-bond donors (Lipinski definition) is 0. The summed E-state index contributed by atoms with van der Waals surface area (Å²) in [6.45, 7) is 8.76. The third-order valence-electron chi connectivity index (χ3n) is 6.01. The van der Waals surface area contributed by atoms with Gasteiger partial charge in [-0.05, 0) is 36.1 Å². The predicted octanol–water partition coefficient (Wildman–Crippen LogP) is 5.97. The minimum Gasteiger partial charge on any atom is -0.487 e. The average Bonchev–Trinajstić information content (AvgIpc) is 3.22. The summed E-state index contributed by atoms with van der Waals surface area (Å²) >= 11 is 6.55. The second kappa shape index (κ2) is 10.3. The summed E-state index contributed by atoms with van der Waals surface area (Å²) in [6.07, 6.45) is 5.60. The van der Waals surface area contributed by atoms with Crippen LogP contribution < -0.4 is 4.74 Å². The van der Waals surface area contributed by atoms with Gasteiger partial charge in [-0.25, -0.2) is 4.98 Å². The highest BCUT2D eigenvalue weighted by Gasteiger charge is 2.21. The van der Waals surface area contributed by atoms with Crippen molar-refractivity contribution in [1.82, 2.24) is 24.6 Å². The van der Waals surface area contributed by atoms with Crippen LogP contribution in [0.1, 0.15) is 44.0 Å². The summed E-state index contributed by atoms with van der Waals surface area (Å²) in [7, 11) is 3.73. The van der Waals surface area contributed by atoms with Crippen molar-refractivity contribution >= 4 is 28.4 Å². The molecule has 0 unspecified atom stereocenters. The van der Waals surface area contributed by atoms with E-state index >= 15 is 0 Å². The van der Waals surface area contributed by atoms with Gasteiger partial charge in [-0.1, -0.05) is 44.5 Å². The molecule has 7 nitrogen and oxygen atoms in total. The highest BCUT2D eigenvalue weighted by atomic mass is 35.5. The SMILES string of the molecule is Cc1cc(-c2ccnn2C)c2cccc(OCc3c(Cl)cncc3CN(C)C(=O)CC(C)(C)C)c2n1. The number of aryl methyl sites for hydroxylation is 2. The number of para-hydroxylation sites is 1. The van der Waals surface area contributed by atoms with Gasteiger partial charge in [0.05, 0.1) is 10.7 Å². The average molecular weight is 506 g/mol. The molecule has 1 aromatic carbocycles. The van der Waals surface area contributed by atoms with Gasteiger partial charge in [-0.2, -0.15) is 5.10 Å². The molecule has 0 fully saturated rings. The number of benzene rings is 1. The van der Waals surface area contributed by atoms with Gasteiger partial charge < -0.3 is 9.64 Å². The minimum absolute atomic E-state index is 0.0748. The number of hydrogen-bond acceptors (Lipinski definition) is 5. The standard InChI is InChI=1S/C28H32ClN5O2/c1-18-12-21(24-10-11-31-34(24)6)20-8-7-9-25(27(20)32-18)36-17-22-19(14-30-15-23(22)29)16-33(5)26(35)13-28(2,3)4/h7-12,14-15H,13,16-17H2,1-6H3. The number of pyridine rings is 2. The molecule has 36 heavy (non-hydrogen) atoms. The number of nitrogens with zero attached hydrogens (tertiary/aromatic N) is 5. The van der Waals surface area contributed by atoms with Crippen molar-refractivity contribution in [2.75, 3.05) is 7.05 Å². The molecule has 0 atom stereocenters. The molecule has 0 saturated carbocycles. The molecule has 0 aliphatic carbocycles. The lowest BCUT2D eigenvalue weighted by Gasteiger charge is -2.24. The first-order chi connectivity index (χ1) is 17.0. The van der Waals surface area contributed by atoms with Crippen LogP contribution >= 0.6 is 11.6 Å². The van der Waals surface area contributed by atoms with Gasteiger partial charge in [0, 0.05) is 67.9 Å². The van der Waals surface area contributed by atoms with Gasteiger partial charge in [0.15, 0.2) is 0 Å². The van der Waals surface area contributed by atoms with Crippen molar-refractivity contribution in [2.24, 2.45) is 12.5 Å². The summed E-state index contributed by atoms with van der Waals surface area (Å²) in [5.41, 5.74) is 5.28. The Hall–Kier alpha value is -3.45. The molecule has 4 aromatic rings. The van der Waals surface area contributed by atoms with Crippen LogP contribution in [0.2, 0.25) is 5.02 Å². The molecule has 8 heteroatoms. The number of ether oxygens (including phenoxy) is 1. The molecule has 0 aliphatic rings. The summed E-state index contributed by atoms with van der Waals surface area (Å²) in [5, 5.41) is 5.80. The third kappa shape index (κ3) is 5.68. The molecule has 0 spiro atoms. The molecule has 4 rings (SSSR count). The summed E-state index contributed by atoms with van der Waals surface area (Å²) in [5.74, 6) is 0.737. The van der Waals surface area contributed by atoms with Crippen molar-refractivity contribution in [1.29, 1.82) is 0 Å². The highest BCUT2D eigenvalue weighted by Crippen LogP contribution is 2.34. The number of carbonyl (C=O) groups is 1. The Labute approximate surface area is 217 Å². The first kappa shape index (κ1) is 25.6. The fourth-order valence-electron chi connectivity index (χ4n) is 4.20. The Balaban J connectivity index is 1.63. The maximum Gasteiger partial charge on any atom is 0.223 e. The zero-order chi connectivity index (χ0) is 26.0. The molecule has 3 aromatic heterocycles. The van der Waals surface area contributed by atoms with Gasteiger partial charge in [-0.15, -0.1) is 0 Å². The summed E-state index contributed by atoms with van der Waals surface area (Å²) < 4.78 is 8.16. The maximum absolute atomic E-state index is 12.7. The van der Waals surface area contributed by atoms with Crippen LogP contribution in [0.15, 0.2) is 48.9 Å². The van der Waals surface area contributed by atoms with E-state index < -0.39 is 0 Å². The Morgan fingerprint density at radius 3 is 2.67 bits per heavy atom. The Kier molecular flexibility index (Phi) is 7.31. The highest BCUT2D eigenvalue weighted by molar-refractivity contribution is 6.31. The minimum atomic E-state index is -0.0856. The van der Waals surface area contributed by atoms with E-state index in [9.17, 15) is 4.79 Å². The molecular formula is C28H32ClN5O2. The predicted molar refractivity (Wildman–Crippen MR) is 143 cm³/mol. The van der Waals surface area contributed by atoms with E-state index in [2.05, 4.69) is 36.9 Å². The second-order valence-electron chi connectivity index (χ2n) is 10.3. The zero-order valence-corrected chi connectivity index (χ0v) is 22.4. The number of amides is 1. The van der Waals surface area contributed by atoms with E-state index in [0.717, 1.165) is 39.0 Å². The van der Waals surface area contributed by atoms with E-state index in [1.54, 1.807) is 30.5 Å². The van der Waals surface area contributed by atoms with Gasteiger partial charge in [0.1, 0.15) is 17.9 Å². The lowest BCUT2D eigenvalue weighted by Crippen LogP contribution is -2.30. The topological polar surface area (TPSA) is 73.1 Å². The normalized spacial score (nSPS) is 11.6.